The van der Waals surface area contributed by atoms with Crippen molar-refractivity contribution < 1.29 is 23.8 Å². The van der Waals surface area contributed by atoms with Gasteiger partial charge in [0.15, 0.2) is 17.3 Å². The zero-order valence-corrected chi connectivity index (χ0v) is 21.9. The fourth-order valence-electron chi connectivity index (χ4n) is 5.64. The molecule has 2 aromatic carbocycles. The molecule has 2 aliphatic rings. The van der Waals surface area contributed by atoms with Gasteiger partial charge in [0.2, 0.25) is 0 Å². The van der Waals surface area contributed by atoms with Crippen molar-refractivity contribution in [2.75, 3.05) is 41.4 Å². The monoisotopic (exact) mass is 494 g/mol. The van der Waals surface area contributed by atoms with Gasteiger partial charge in [-0.2, -0.15) is 0 Å². The summed E-state index contributed by atoms with van der Waals surface area (Å²) >= 11 is 0. The number of nitrogens with zero attached hydrogens (tertiary/aromatic N) is 2. The Morgan fingerprint density at radius 2 is 1.78 bits per heavy atom. The van der Waals surface area contributed by atoms with E-state index < -0.39 is 0 Å². The molecule has 0 bridgehead atoms. The summed E-state index contributed by atoms with van der Waals surface area (Å²) in [4.78, 5) is 28.8. The van der Waals surface area contributed by atoms with E-state index in [1.54, 1.807) is 40.4 Å². The van der Waals surface area contributed by atoms with Crippen molar-refractivity contribution in [1.29, 1.82) is 0 Å². The highest BCUT2D eigenvalue weighted by Gasteiger charge is 2.39. The molecular formula is C29H38N2O5. The minimum absolute atomic E-state index is 0.145. The van der Waals surface area contributed by atoms with E-state index in [4.69, 9.17) is 14.2 Å². The van der Waals surface area contributed by atoms with Crippen LogP contribution < -0.4 is 14.2 Å². The van der Waals surface area contributed by atoms with E-state index in [0.717, 1.165) is 51.6 Å². The summed E-state index contributed by atoms with van der Waals surface area (Å²) < 4.78 is 16.2. The van der Waals surface area contributed by atoms with E-state index in [9.17, 15) is 9.59 Å². The average molecular weight is 495 g/mol. The van der Waals surface area contributed by atoms with Gasteiger partial charge >= 0.3 is 6.09 Å². The molecule has 2 atom stereocenters. The highest BCUT2D eigenvalue weighted by molar-refractivity contribution is 5.96. The highest BCUT2D eigenvalue weighted by atomic mass is 16.6. The second kappa shape index (κ2) is 11.8. The molecule has 1 aliphatic heterocycles. The lowest BCUT2D eigenvalue weighted by molar-refractivity contribution is 0.0978. The third kappa shape index (κ3) is 5.67. The molecule has 7 nitrogen and oxygen atoms in total. The zero-order chi connectivity index (χ0) is 25.7. The maximum atomic E-state index is 12.6. The first-order valence-corrected chi connectivity index (χ1v) is 12.9. The second-order valence-electron chi connectivity index (χ2n) is 9.93. The number of carbonyl (C=O) groups excluding carboxylic acids is 2. The number of benzene rings is 2. The molecule has 1 heterocycles. The molecule has 1 aliphatic carbocycles. The van der Waals surface area contributed by atoms with Gasteiger partial charge < -0.3 is 19.1 Å². The normalized spacial score (nSPS) is 18.8. The number of rotatable bonds is 10. The fourth-order valence-corrected chi connectivity index (χ4v) is 5.64. The van der Waals surface area contributed by atoms with Gasteiger partial charge in [0.25, 0.3) is 0 Å². The molecule has 4 rings (SSSR count). The van der Waals surface area contributed by atoms with Crippen molar-refractivity contribution in [3.63, 3.8) is 0 Å². The van der Waals surface area contributed by atoms with Crippen LogP contribution in [0.4, 0.5) is 4.79 Å². The van der Waals surface area contributed by atoms with E-state index >= 15 is 0 Å². The summed E-state index contributed by atoms with van der Waals surface area (Å²) in [5, 5.41) is 0. The van der Waals surface area contributed by atoms with Crippen LogP contribution in [0.5, 0.6) is 17.2 Å². The maximum Gasteiger partial charge on any atom is 0.414 e. The van der Waals surface area contributed by atoms with Gasteiger partial charge in [-0.1, -0.05) is 18.6 Å². The molecule has 2 aromatic rings. The van der Waals surface area contributed by atoms with Crippen molar-refractivity contribution >= 4 is 11.9 Å². The van der Waals surface area contributed by atoms with Gasteiger partial charge in [0.05, 0.1) is 14.2 Å². The molecule has 194 valence electrons. The van der Waals surface area contributed by atoms with E-state index in [-0.39, 0.29) is 11.9 Å². The Kier molecular flexibility index (Phi) is 8.52. The number of ether oxygens (including phenoxy) is 3. The summed E-state index contributed by atoms with van der Waals surface area (Å²) in [5.74, 6) is 2.57. The summed E-state index contributed by atoms with van der Waals surface area (Å²) in [6.45, 7) is 2.16. The Hall–Kier alpha value is -3.06. The number of unbranched alkanes of at least 4 members (excludes halogenated alkanes) is 2. The summed E-state index contributed by atoms with van der Waals surface area (Å²) in [6, 6.07) is 12.0. The number of Topliss-reactive ketones (excluding diaryl/α,β-unsaturated/α-hetero) is 1. The molecule has 7 heteroatoms. The summed E-state index contributed by atoms with van der Waals surface area (Å²) in [7, 11) is 6.58. The standard InChI is InChI=1S/C29H38N2O5/c1-30(2)29(33)36-26-11-8-9-21-22-16-18-31(24(22)14-13-23(21)26)17-7-5-6-10-25(32)20-12-15-27(34-3)28(19-20)35-4/h8-9,11-12,15,19,22,24H,5-7,10,13-14,16-18H2,1-4H3. The number of carbonyl (C=O) groups is 2. The predicted molar refractivity (Wildman–Crippen MR) is 140 cm³/mol. The molecule has 0 aromatic heterocycles. The van der Waals surface area contributed by atoms with Crippen molar-refractivity contribution in [2.24, 2.45) is 0 Å². The topological polar surface area (TPSA) is 68.3 Å². The largest absolute Gasteiger partial charge is 0.493 e. The molecule has 0 spiro atoms. The number of ketones is 1. The fraction of sp³-hybridized carbons (Fsp3) is 0.517. The molecule has 1 fully saturated rings. The lowest BCUT2D eigenvalue weighted by Gasteiger charge is -2.34. The second-order valence-corrected chi connectivity index (χ2v) is 9.93. The van der Waals surface area contributed by atoms with Crippen molar-refractivity contribution in [1.82, 2.24) is 9.80 Å². The van der Waals surface area contributed by atoms with Crippen molar-refractivity contribution in [3.05, 3.63) is 53.1 Å². The van der Waals surface area contributed by atoms with Gasteiger partial charge in [-0.25, -0.2) is 4.79 Å². The SMILES string of the molecule is COc1ccc(C(=O)CCCCCN2CCC3c4cccc(OC(=O)N(C)C)c4CCC32)cc1OC. The van der Waals surface area contributed by atoms with E-state index in [0.29, 0.717) is 41.2 Å². The predicted octanol–water partition coefficient (Wildman–Crippen LogP) is 5.31. The molecule has 1 amide bonds. The number of methoxy groups -OCH3 is 2. The van der Waals surface area contributed by atoms with Crippen LogP contribution in [0, 0.1) is 0 Å². The number of fused-ring (bicyclic) bond motifs is 3. The Labute approximate surface area is 214 Å². The van der Waals surface area contributed by atoms with Gasteiger partial charge in [-0.3, -0.25) is 9.69 Å². The maximum absolute atomic E-state index is 12.6. The van der Waals surface area contributed by atoms with Crippen molar-refractivity contribution in [2.45, 2.75) is 56.9 Å². The van der Waals surface area contributed by atoms with Gasteiger partial charge in [-0.05, 0) is 80.6 Å². The Morgan fingerprint density at radius 1 is 0.972 bits per heavy atom. The highest BCUT2D eigenvalue weighted by Crippen LogP contribution is 2.44. The van der Waals surface area contributed by atoms with Crippen LogP contribution in [-0.4, -0.2) is 69.1 Å². The third-order valence-electron chi connectivity index (χ3n) is 7.54. The molecule has 0 radical (unpaired) electrons. The molecule has 36 heavy (non-hydrogen) atoms. The first-order valence-electron chi connectivity index (χ1n) is 12.9. The quantitative estimate of drug-likeness (QED) is 0.329. The lowest BCUT2D eigenvalue weighted by Crippen LogP contribution is -2.36. The Morgan fingerprint density at radius 3 is 2.53 bits per heavy atom. The molecule has 0 saturated carbocycles. The number of amides is 1. The van der Waals surface area contributed by atoms with Crippen LogP contribution in [-0.2, 0) is 6.42 Å². The van der Waals surface area contributed by atoms with Crippen LogP contribution in [0.25, 0.3) is 0 Å². The average Bonchev–Trinajstić information content (AvgIpc) is 3.31. The zero-order valence-electron chi connectivity index (χ0n) is 21.9. The van der Waals surface area contributed by atoms with E-state index in [1.165, 1.54) is 16.0 Å². The smallest absolute Gasteiger partial charge is 0.414 e. The van der Waals surface area contributed by atoms with Crippen LogP contribution in [0.2, 0.25) is 0 Å². The number of hydrogen-bond donors (Lipinski definition) is 0. The number of likely N-dealkylation sites (tertiary alicyclic amines) is 1. The molecule has 1 saturated heterocycles. The van der Waals surface area contributed by atoms with Gasteiger partial charge in [-0.15, -0.1) is 0 Å². The van der Waals surface area contributed by atoms with Crippen LogP contribution >= 0.6 is 0 Å². The first-order chi connectivity index (χ1) is 17.4. The molecular weight excluding hydrogens is 456 g/mol. The molecule has 0 N–H and O–H groups in total. The van der Waals surface area contributed by atoms with Crippen LogP contribution in [0.1, 0.15) is 65.9 Å². The van der Waals surface area contributed by atoms with Crippen molar-refractivity contribution in [3.8, 4) is 17.2 Å². The van der Waals surface area contributed by atoms with Crippen LogP contribution in [0.15, 0.2) is 36.4 Å². The Bertz CT molecular complexity index is 1080. The van der Waals surface area contributed by atoms with E-state index in [2.05, 4.69) is 11.0 Å². The molecule has 2 unspecified atom stereocenters. The van der Waals surface area contributed by atoms with Crippen LogP contribution in [0.3, 0.4) is 0 Å². The minimum Gasteiger partial charge on any atom is -0.493 e. The first kappa shape index (κ1) is 26.0. The summed E-state index contributed by atoms with van der Waals surface area (Å²) in [6.07, 6.45) is 6.39. The van der Waals surface area contributed by atoms with Gasteiger partial charge in [0, 0.05) is 38.0 Å². The van der Waals surface area contributed by atoms with Gasteiger partial charge in [0.1, 0.15) is 5.75 Å². The number of hydrogen-bond acceptors (Lipinski definition) is 6. The Balaban J connectivity index is 1.26. The lowest BCUT2D eigenvalue weighted by atomic mass is 9.79. The van der Waals surface area contributed by atoms with E-state index in [1.807, 2.05) is 18.2 Å². The summed E-state index contributed by atoms with van der Waals surface area (Å²) in [5.41, 5.74) is 3.22. The third-order valence-corrected chi connectivity index (χ3v) is 7.54. The minimum atomic E-state index is -0.330.